The van der Waals surface area contributed by atoms with Crippen molar-refractivity contribution in [3.63, 3.8) is 0 Å². The zero-order chi connectivity index (χ0) is 13.7. The van der Waals surface area contributed by atoms with E-state index in [1.165, 1.54) is 38.8 Å². The van der Waals surface area contributed by atoms with E-state index in [1.54, 1.807) is 7.11 Å². The summed E-state index contributed by atoms with van der Waals surface area (Å²) in [5.41, 5.74) is 6.02. The summed E-state index contributed by atoms with van der Waals surface area (Å²) in [5, 5.41) is 0. The highest BCUT2D eigenvalue weighted by Crippen LogP contribution is 2.25. The van der Waals surface area contributed by atoms with Crippen LogP contribution in [0.3, 0.4) is 0 Å². The lowest BCUT2D eigenvalue weighted by Crippen LogP contribution is -2.38. The van der Waals surface area contributed by atoms with Crippen LogP contribution in [0.2, 0.25) is 0 Å². The summed E-state index contributed by atoms with van der Waals surface area (Å²) >= 11 is 0. The molecule has 0 aromatic carbocycles. The summed E-state index contributed by atoms with van der Waals surface area (Å²) in [7, 11) is 3.82. The largest absolute Gasteiger partial charge is 0.383 e. The Morgan fingerprint density at radius 3 is 2.58 bits per heavy atom. The average Bonchev–Trinajstić information content (AvgIpc) is 3.27. The van der Waals surface area contributed by atoms with Gasteiger partial charge in [-0.25, -0.2) is 0 Å². The summed E-state index contributed by atoms with van der Waals surface area (Å²) in [4.78, 5) is 9.18. The van der Waals surface area contributed by atoms with Crippen molar-refractivity contribution in [3.8, 4) is 0 Å². The first-order valence-corrected chi connectivity index (χ1v) is 7.44. The Morgan fingerprint density at radius 1 is 1.32 bits per heavy atom. The Bertz CT molecular complexity index is 296. The quantitative estimate of drug-likeness (QED) is 0.571. The molecule has 2 aliphatic rings. The number of likely N-dealkylation sites (tertiary alicyclic amines) is 1. The molecule has 2 fully saturated rings. The molecule has 1 saturated heterocycles. The van der Waals surface area contributed by atoms with Crippen molar-refractivity contribution < 1.29 is 4.74 Å². The SMILES string of the molecule is COCCN1CCC(CN=C(N)N(C)C2CC2)CC1. The third-order valence-electron chi connectivity index (χ3n) is 4.29. The van der Waals surface area contributed by atoms with Crippen LogP contribution in [-0.4, -0.2) is 68.7 Å². The molecule has 2 rings (SSSR count). The molecule has 19 heavy (non-hydrogen) atoms. The summed E-state index contributed by atoms with van der Waals surface area (Å²) in [6, 6.07) is 0.652. The van der Waals surface area contributed by atoms with Crippen LogP contribution in [0.15, 0.2) is 4.99 Å². The molecule has 0 amide bonds. The Kier molecular flexibility index (Phi) is 5.45. The number of rotatable bonds is 6. The van der Waals surface area contributed by atoms with E-state index in [-0.39, 0.29) is 0 Å². The molecule has 0 atom stereocenters. The smallest absolute Gasteiger partial charge is 0.191 e. The van der Waals surface area contributed by atoms with E-state index >= 15 is 0 Å². The van der Waals surface area contributed by atoms with Crippen molar-refractivity contribution in [2.45, 2.75) is 31.7 Å². The maximum absolute atomic E-state index is 6.02. The molecule has 5 nitrogen and oxygen atoms in total. The molecule has 1 aliphatic carbocycles. The molecule has 5 heteroatoms. The second kappa shape index (κ2) is 7.10. The predicted octanol–water partition coefficient (Wildman–Crippen LogP) is 0.754. The number of guanidine groups is 1. The fourth-order valence-electron chi connectivity index (χ4n) is 2.60. The van der Waals surface area contributed by atoms with Gasteiger partial charge in [0.2, 0.25) is 0 Å². The van der Waals surface area contributed by atoms with Gasteiger partial charge in [0, 0.05) is 33.3 Å². The Balaban J connectivity index is 1.66. The number of ether oxygens (including phenoxy) is 1. The first kappa shape index (κ1) is 14.6. The van der Waals surface area contributed by atoms with E-state index in [9.17, 15) is 0 Å². The van der Waals surface area contributed by atoms with Crippen molar-refractivity contribution in [1.29, 1.82) is 0 Å². The van der Waals surface area contributed by atoms with Gasteiger partial charge >= 0.3 is 0 Å². The average molecular weight is 268 g/mol. The fourth-order valence-corrected chi connectivity index (χ4v) is 2.60. The van der Waals surface area contributed by atoms with E-state index in [1.807, 2.05) is 0 Å². The Morgan fingerprint density at radius 2 is 2.00 bits per heavy atom. The molecule has 0 aromatic rings. The number of hydrogen-bond donors (Lipinski definition) is 1. The standard InChI is InChI=1S/C14H28N4O/c1-17(13-3-4-13)14(15)16-11-12-5-7-18(8-6-12)9-10-19-2/h12-13H,3-11H2,1-2H3,(H2,15,16). The molecule has 0 radical (unpaired) electrons. The van der Waals surface area contributed by atoms with Crippen LogP contribution in [0, 0.1) is 5.92 Å². The van der Waals surface area contributed by atoms with Gasteiger partial charge in [-0.2, -0.15) is 0 Å². The van der Waals surface area contributed by atoms with Gasteiger partial charge in [0.1, 0.15) is 0 Å². The number of hydrogen-bond acceptors (Lipinski definition) is 3. The number of methoxy groups -OCH3 is 1. The molecule has 1 heterocycles. The van der Waals surface area contributed by atoms with Crippen LogP contribution in [-0.2, 0) is 4.74 Å². The lowest BCUT2D eigenvalue weighted by atomic mass is 9.97. The third-order valence-corrected chi connectivity index (χ3v) is 4.29. The first-order valence-electron chi connectivity index (χ1n) is 7.44. The molecular formula is C14H28N4O. The van der Waals surface area contributed by atoms with E-state index in [2.05, 4.69) is 21.8 Å². The lowest BCUT2D eigenvalue weighted by Gasteiger charge is -2.31. The normalized spacial score (nSPS) is 22.7. The molecular weight excluding hydrogens is 240 g/mol. The maximum Gasteiger partial charge on any atom is 0.191 e. The molecule has 0 unspecified atom stereocenters. The number of aliphatic imine (C=N–C) groups is 1. The molecule has 0 spiro atoms. The molecule has 2 N–H and O–H groups in total. The van der Waals surface area contributed by atoms with Crippen molar-refractivity contribution in [3.05, 3.63) is 0 Å². The van der Waals surface area contributed by atoms with Crippen LogP contribution >= 0.6 is 0 Å². The van der Waals surface area contributed by atoms with Crippen molar-refractivity contribution >= 4 is 5.96 Å². The summed E-state index contributed by atoms with van der Waals surface area (Å²) in [6.07, 6.45) is 5.00. The minimum absolute atomic E-state index is 0.652. The van der Waals surface area contributed by atoms with Crippen LogP contribution in [0.1, 0.15) is 25.7 Å². The van der Waals surface area contributed by atoms with E-state index in [4.69, 9.17) is 10.5 Å². The molecule has 0 bridgehead atoms. The molecule has 110 valence electrons. The van der Waals surface area contributed by atoms with Gasteiger partial charge in [0.05, 0.1) is 6.61 Å². The molecule has 0 aromatic heterocycles. The second-order valence-corrected chi connectivity index (χ2v) is 5.82. The highest BCUT2D eigenvalue weighted by atomic mass is 16.5. The van der Waals surface area contributed by atoms with Crippen LogP contribution < -0.4 is 5.73 Å². The van der Waals surface area contributed by atoms with Crippen molar-refractivity contribution in [1.82, 2.24) is 9.80 Å². The maximum atomic E-state index is 6.02. The van der Waals surface area contributed by atoms with E-state index in [0.29, 0.717) is 12.0 Å². The van der Waals surface area contributed by atoms with Gasteiger partial charge in [-0.3, -0.25) is 4.99 Å². The van der Waals surface area contributed by atoms with Gasteiger partial charge < -0.3 is 20.3 Å². The van der Waals surface area contributed by atoms with Crippen LogP contribution in [0.5, 0.6) is 0 Å². The lowest BCUT2D eigenvalue weighted by molar-refractivity contribution is 0.121. The monoisotopic (exact) mass is 268 g/mol. The molecule has 1 saturated carbocycles. The fraction of sp³-hybridized carbons (Fsp3) is 0.929. The zero-order valence-electron chi connectivity index (χ0n) is 12.3. The zero-order valence-corrected chi connectivity index (χ0v) is 12.3. The summed E-state index contributed by atoms with van der Waals surface area (Å²) in [6.45, 7) is 5.12. The van der Waals surface area contributed by atoms with E-state index < -0.39 is 0 Å². The Hall–Kier alpha value is -0.810. The minimum Gasteiger partial charge on any atom is -0.383 e. The number of piperidine rings is 1. The molecule has 1 aliphatic heterocycles. The highest BCUT2D eigenvalue weighted by Gasteiger charge is 2.27. The Labute approximate surface area is 116 Å². The van der Waals surface area contributed by atoms with Gasteiger partial charge in [0.15, 0.2) is 5.96 Å². The first-order chi connectivity index (χ1) is 9.20. The highest BCUT2D eigenvalue weighted by molar-refractivity contribution is 5.78. The summed E-state index contributed by atoms with van der Waals surface area (Å²) in [5.74, 6) is 1.43. The van der Waals surface area contributed by atoms with E-state index in [0.717, 1.165) is 25.7 Å². The van der Waals surface area contributed by atoms with Gasteiger partial charge in [-0.1, -0.05) is 0 Å². The van der Waals surface area contributed by atoms with Gasteiger partial charge in [0.25, 0.3) is 0 Å². The summed E-state index contributed by atoms with van der Waals surface area (Å²) < 4.78 is 5.12. The van der Waals surface area contributed by atoms with Gasteiger partial charge in [-0.15, -0.1) is 0 Å². The van der Waals surface area contributed by atoms with Crippen molar-refractivity contribution in [2.75, 3.05) is 46.9 Å². The predicted molar refractivity (Wildman–Crippen MR) is 78.3 cm³/mol. The number of nitrogens with zero attached hydrogens (tertiary/aromatic N) is 3. The van der Waals surface area contributed by atoms with Crippen LogP contribution in [0.4, 0.5) is 0 Å². The minimum atomic E-state index is 0.652. The van der Waals surface area contributed by atoms with Gasteiger partial charge in [-0.05, 0) is 44.7 Å². The second-order valence-electron chi connectivity index (χ2n) is 5.82. The number of nitrogens with two attached hydrogens (primary N) is 1. The van der Waals surface area contributed by atoms with Crippen LogP contribution in [0.25, 0.3) is 0 Å². The third kappa shape index (κ3) is 4.66. The topological polar surface area (TPSA) is 54.1 Å². The van der Waals surface area contributed by atoms with Crippen molar-refractivity contribution in [2.24, 2.45) is 16.6 Å².